The van der Waals surface area contributed by atoms with E-state index < -0.39 is 0 Å². The molecule has 2 aromatic rings. The number of carbonyl (C=O) groups excluding carboxylic acids is 2. The Bertz CT molecular complexity index is 879. The van der Waals surface area contributed by atoms with Crippen molar-refractivity contribution in [1.29, 1.82) is 0 Å². The fraction of sp³-hybridized carbons (Fsp3) is 0.462. The standard InChI is InChI=1S/C26H33N3O3/c30-25(23-8-10-24(11-9-23)26(31)29-15-17-32-18-16-29)27-19-22-7-4-13-28(20-22)14-12-21-5-2-1-3-6-21/h1-3,5-6,8-11,22H,4,7,12-20H2,(H,27,30)/t22-/m1/s1. The summed E-state index contributed by atoms with van der Waals surface area (Å²) in [7, 11) is 0. The second-order valence-electron chi connectivity index (χ2n) is 8.74. The van der Waals surface area contributed by atoms with Crippen molar-refractivity contribution < 1.29 is 14.3 Å². The topological polar surface area (TPSA) is 61.9 Å². The van der Waals surface area contributed by atoms with Crippen molar-refractivity contribution in [2.24, 2.45) is 5.92 Å². The van der Waals surface area contributed by atoms with Crippen LogP contribution in [0.1, 0.15) is 39.1 Å². The van der Waals surface area contributed by atoms with Gasteiger partial charge in [0.2, 0.25) is 0 Å². The average Bonchev–Trinajstić information content (AvgIpc) is 2.87. The molecule has 1 atom stereocenters. The first-order chi connectivity index (χ1) is 15.7. The van der Waals surface area contributed by atoms with E-state index in [2.05, 4.69) is 40.5 Å². The first-order valence-corrected chi connectivity index (χ1v) is 11.7. The van der Waals surface area contributed by atoms with Crippen molar-refractivity contribution in [1.82, 2.24) is 15.1 Å². The first-order valence-electron chi connectivity index (χ1n) is 11.7. The number of rotatable bonds is 7. The monoisotopic (exact) mass is 435 g/mol. The smallest absolute Gasteiger partial charge is 0.254 e. The molecule has 2 aliphatic heterocycles. The van der Waals surface area contributed by atoms with E-state index in [1.807, 2.05) is 0 Å². The molecule has 0 aliphatic carbocycles. The van der Waals surface area contributed by atoms with Crippen LogP contribution in [0.3, 0.4) is 0 Å². The van der Waals surface area contributed by atoms with Gasteiger partial charge in [-0.05, 0) is 61.6 Å². The molecule has 32 heavy (non-hydrogen) atoms. The van der Waals surface area contributed by atoms with Crippen molar-refractivity contribution >= 4 is 11.8 Å². The number of nitrogens with zero attached hydrogens (tertiary/aromatic N) is 2. The second kappa shape index (κ2) is 11.2. The Kier molecular flexibility index (Phi) is 7.91. The third-order valence-corrected chi connectivity index (χ3v) is 6.41. The highest BCUT2D eigenvalue weighted by molar-refractivity contribution is 5.97. The van der Waals surface area contributed by atoms with Gasteiger partial charge in [-0.2, -0.15) is 0 Å². The number of hydrogen-bond donors (Lipinski definition) is 1. The highest BCUT2D eigenvalue weighted by atomic mass is 16.5. The molecule has 6 heteroatoms. The van der Waals surface area contributed by atoms with E-state index in [1.165, 1.54) is 12.0 Å². The van der Waals surface area contributed by atoms with Crippen molar-refractivity contribution in [2.45, 2.75) is 19.3 Å². The number of likely N-dealkylation sites (tertiary alicyclic amines) is 1. The normalized spacial score (nSPS) is 19.5. The van der Waals surface area contributed by atoms with Gasteiger partial charge in [0.15, 0.2) is 0 Å². The van der Waals surface area contributed by atoms with Gasteiger partial charge in [0.25, 0.3) is 11.8 Å². The van der Waals surface area contributed by atoms with Crippen molar-refractivity contribution in [3.05, 3.63) is 71.3 Å². The highest BCUT2D eigenvalue weighted by Crippen LogP contribution is 2.17. The van der Waals surface area contributed by atoms with Gasteiger partial charge in [0.05, 0.1) is 13.2 Å². The third-order valence-electron chi connectivity index (χ3n) is 6.41. The lowest BCUT2D eigenvalue weighted by Gasteiger charge is -2.32. The van der Waals surface area contributed by atoms with Crippen LogP contribution < -0.4 is 5.32 Å². The molecule has 0 unspecified atom stereocenters. The van der Waals surface area contributed by atoms with E-state index in [9.17, 15) is 9.59 Å². The Morgan fingerprint density at radius 3 is 2.41 bits per heavy atom. The van der Waals surface area contributed by atoms with E-state index >= 15 is 0 Å². The zero-order valence-corrected chi connectivity index (χ0v) is 18.7. The van der Waals surface area contributed by atoms with Crippen molar-refractivity contribution in [3.8, 4) is 0 Å². The molecule has 0 saturated carbocycles. The molecular formula is C26H33N3O3. The van der Waals surface area contributed by atoms with Crippen LogP contribution in [0.4, 0.5) is 0 Å². The predicted molar refractivity (Wildman–Crippen MR) is 125 cm³/mol. The maximum absolute atomic E-state index is 12.6. The summed E-state index contributed by atoms with van der Waals surface area (Å²) in [5.74, 6) is 0.403. The van der Waals surface area contributed by atoms with Crippen LogP contribution in [-0.2, 0) is 11.2 Å². The van der Waals surface area contributed by atoms with E-state index in [0.717, 1.165) is 32.5 Å². The lowest BCUT2D eigenvalue weighted by atomic mass is 9.97. The number of nitrogens with one attached hydrogen (secondary N) is 1. The van der Waals surface area contributed by atoms with Crippen molar-refractivity contribution in [2.75, 3.05) is 52.5 Å². The minimum atomic E-state index is -0.0724. The Balaban J connectivity index is 1.22. The van der Waals surface area contributed by atoms with Crippen LogP contribution >= 0.6 is 0 Å². The van der Waals surface area contributed by atoms with Crippen LogP contribution in [-0.4, -0.2) is 74.1 Å². The van der Waals surface area contributed by atoms with E-state index in [4.69, 9.17) is 4.74 Å². The van der Waals surface area contributed by atoms with E-state index in [0.29, 0.717) is 49.9 Å². The van der Waals surface area contributed by atoms with E-state index in [1.54, 1.807) is 29.2 Å². The summed E-state index contributed by atoms with van der Waals surface area (Å²) < 4.78 is 5.30. The Labute approximate surface area is 190 Å². The molecule has 0 radical (unpaired) electrons. The molecule has 0 bridgehead atoms. The van der Waals surface area contributed by atoms with Crippen LogP contribution in [0.2, 0.25) is 0 Å². The van der Waals surface area contributed by atoms with Gasteiger partial charge in [-0.25, -0.2) is 0 Å². The maximum atomic E-state index is 12.6. The second-order valence-corrected chi connectivity index (χ2v) is 8.74. The Hall–Kier alpha value is -2.70. The number of benzene rings is 2. The molecule has 170 valence electrons. The zero-order chi connectivity index (χ0) is 22.2. The number of hydrogen-bond acceptors (Lipinski definition) is 4. The number of carbonyl (C=O) groups is 2. The summed E-state index contributed by atoms with van der Waals surface area (Å²) >= 11 is 0. The summed E-state index contributed by atoms with van der Waals surface area (Å²) in [4.78, 5) is 29.5. The Morgan fingerprint density at radius 1 is 0.938 bits per heavy atom. The zero-order valence-electron chi connectivity index (χ0n) is 18.7. The molecule has 2 aromatic carbocycles. The van der Waals surface area contributed by atoms with Crippen molar-refractivity contribution in [3.63, 3.8) is 0 Å². The minimum Gasteiger partial charge on any atom is -0.378 e. The van der Waals surface area contributed by atoms with Gasteiger partial charge in [-0.3, -0.25) is 9.59 Å². The quantitative estimate of drug-likeness (QED) is 0.727. The molecule has 1 N–H and O–H groups in total. The fourth-order valence-electron chi connectivity index (χ4n) is 4.51. The van der Waals surface area contributed by atoms with Gasteiger partial charge in [-0.15, -0.1) is 0 Å². The van der Waals surface area contributed by atoms with E-state index in [-0.39, 0.29) is 11.8 Å². The number of amides is 2. The lowest BCUT2D eigenvalue weighted by Crippen LogP contribution is -2.41. The SMILES string of the molecule is O=C(NC[C@H]1CCCN(CCc2ccccc2)C1)c1ccc(C(=O)N2CCOCC2)cc1. The van der Waals surface area contributed by atoms with Gasteiger partial charge >= 0.3 is 0 Å². The number of piperidine rings is 1. The molecule has 4 rings (SSSR count). The fourth-order valence-corrected chi connectivity index (χ4v) is 4.51. The molecule has 2 saturated heterocycles. The van der Waals surface area contributed by atoms with Gasteiger partial charge in [0, 0.05) is 43.9 Å². The predicted octanol–water partition coefficient (Wildman–Crippen LogP) is 2.84. The molecule has 0 spiro atoms. The maximum Gasteiger partial charge on any atom is 0.254 e. The highest BCUT2D eigenvalue weighted by Gasteiger charge is 2.21. The van der Waals surface area contributed by atoms with Crippen LogP contribution in [0.25, 0.3) is 0 Å². The summed E-state index contributed by atoms with van der Waals surface area (Å²) in [6.07, 6.45) is 3.39. The Morgan fingerprint density at radius 2 is 1.66 bits per heavy atom. The first kappa shape index (κ1) is 22.5. The van der Waals surface area contributed by atoms with Gasteiger partial charge in [-0.1, -0.05) is 30.3 Å². The third kappa shape index (κ3) is 6.17. The molecule has 2 aliphatic rings. The number of ether oxygens (including phenoxy) is 1. The van der Waals surface area contributed by atoms with Crippen LogP contribution in [0, 0.1) is 5.92 Å². The summed E-state index contributed by atoms with van der Waals surface area (Å²) in [5, 5.41) is 3.10. The largest absolute Gasteiger partial charge is 0.378 e. The van der Waals surface area contributed by atoms with Gasteiger partial charge in [0.1, 0.15) is 0 Å². The van der Waals surface area contributed by atoms with Crippen LogP contribution in [0.5, 0.6) is 0 Å². The summed E-state index contributed by atoms with van der Waals surface area (Å²) in [5.41, 5.74) is 2.59. The molecular weight excluding hydrogens is 402 g/mol. The molecule has 0 aromatic heterocycles. The molecule has 2 amide bonds. The average molecular weight is 436 g/mol. The molecule has 2 fully saturated rings. The summed E-state index contributed by atoms with van der Waals surface area (Å²) in [6.45, 7) is 6.31. The molecule has 2 heterocycles. The minimum absolute atomic E-state index is 0.00180. The number of morpholine rings is 1. The molecule has 6 nitrogen and oxygen atoms in total. The lowest BCUT2D eigenvalue weighted by molar-refractivity contribution is 0.0303. The van der Waals surface area contributed by atoms with Crippen LogP contribution in [0.15, 0.2) is 54.6 Å². The summed E-state index contributed by atoms with van der Waals surface area (Å²) in [6, 6.07) is 17.6. The van der Waals surface area contributed by atoms with Gasteiger partial charge < -0.3 is 19.9 Å².